The van der Waals surface area contributed by atoms with Gasteiger partial charge in [-0.15, -0.1) is 0 Å². The summed E-state index contributed by atoms with van der Waals surface area (Å²) in [7, 11) is -2.15. The van der Waals surface area contributed by atoms with Crippen molar-refractivity contribution in [3.63, 3.8) is 0 Å². The largest absolute Gasteiger partial charge is 0.487 e. The number of ether oxygens (including phenoxy) is 1. The second kappa shape index (κ2) is 11.6. The minimum Gasteiger partial charge on any atom is -0.487 e. The van der Waals surface area contributed by atoms with E-state index in [1.165, 1.54) is 6.08 Å². The van der Waals surface area contributed by atoms with Crippen LogP contribution in [-0.4, -0.2) is 57.6 Å². The molecule has 3 aliphatic rings. The zero-order valence-corrected chi connectivity index (χ0v) is 23.6. The third-order valence-electron chi connectivity index (χ3n) is 7.91. The average molecular weight is 572 g/mol. The highest BCUT2D eigenvalue weighted by Gasteiger charge is 2.39. The Morgan fingerprint density at radius 3 is 2.67 bits per heavy atom. The van der Waals surface area contributed by atoms with E-state index in [2.05, 4.69) is 9.62 Å². The first-order valence-corrected chi connectivity index (χ1v) is 15.5. The van der Waals surface area contributed by atoms with Crippen molar-refractivity contribution < 1.29 is 22.7 Å². The second-order valence-electron chi connectivity index (χ2n) is 10.6. The van der Waals surface area contributed by atoms with Crippen LogP contribution in [-0.2, 0) is 27.8 Å². The number of rotatable bonds is 0. The highest BCUT2D eigenvalue weighted by molar-refractivity contribution is 7.90. The van der Waals surface area contributed by atoms with E-state index in [-0.39, 0.29) is 29.1 Å². The van der Waals surface area contributed by atoms with Gasteiger partial charge in [0.2, 0.25) is 15.9 Å². The van der Waals surface area contributed by atoms with E-state index in [1.807, 2.05) is 18.2 Å². The molecule has 0 spiro atoms. The summed E-state index contributed by atoms with van der Waals surface area (Å²) in [6.07, 6.45) is 7.63. The highest BCUT2D eigenvalue weighted by Crippen LogP contribution is 2.39. The Hall–Kier alpha value is -3.04. The predicted molar refractivity (Wildman–Crippen MR) is 152 cm³/mol. The van der Waals surface area contributed by atoms with Crippen molar-refractivity contribution in [2.75, 3.05) is 37.3 Å². The molecule has 8 nitrogen and oxygen atoms in total. The number of amides is 2. The molecule has 2 amide bonds. The number of nitrogens with one attached hydrogen (secondary N) is 1. The lowest BCUT2D eigenvalue weighted by Crippen LogP contribution is -2.46. The number of sulfonamides is 1. The minimum atomic E-state index is -3.89. The van der Waals surface area contributed by atoms with Crippen LogP contribution in [0.5, 0.6) is 5.75 Å². The standard InChI is InChI=1S/C29H34ClN3O5S/c1-32-13-4-5-15-39(36,37)31-28(34)21-9-12-27-26(17-21)33(18-22-8-11-25(22)29(32)35)14-3-2-6-20-16-24(30)10-7-23(20)19-38-27/h4-5,7,9-10,12,16-17,22,25H,2-3,6,8,11,13-15,18-19H2,1H3,(H,31,34)/b5-4-/t22-,25+/m0/s1. The first-order chi connectivity index (χ1) is 18.7. The van der Waals surface area contributed by atoms with E-state index in [1.54, 1.807) is 36.2 Å². The zero-order valence-electron chi connectivity index (χ0n) is 22.1. The number of hydrogen-bond donors (Lipinski definition) is 1. The number of benzene rings is 2. The van der Waals surface area contributed by atoms with Crippen molar-refractivity contribution in [2.24, 2.45) is 11.8 Å². The van der Waals surface area contributed by atoms with E-state index in [4.69, 9.17) is 16.3 Å². The molecule has 1 fully saturated rings. The van der Waals surface area contributed by atoms with Crippen LogP contribution in [0.25, 0.3) is 0 Å². The van der Waals surface area contributed by atoms with Crippen LogP contribution in [0.3, 0.4) is 0 Å². The highest BCUT2D eigenvalue weighted by atomic mass is 35.5. The molecule has 2 aromatic carbocycles. The lowest BCUT2D eigenvalue weighted by molar-refractivity contribution is -0.139. The molecular weight excluding hydrogens is 538 g/mol. The molecule has 2 bridgehead atoms. The molecule has 39 heavy (non-hydrogen) atoms. The quantitative estimate of drug-likeness (QED) is 0.477. The van der Waals surface area contributed by atoms with E-state index in [0.717, 1.165) is 48.9 Å². The fraction of sp³-hybridized carbons (Fsp3) is 0.448. The summed E-state index contributed by atoms with van der Waals surface area (Å²) < 4.78 is 33.6. The van der Waals surface area contributed by atoms with Gasteiger partial charge < -0.3 is 14.5 Å². The first kappa shape index (κ1) is 27.5. The van der Waals surface area contributed by atoms with Crippen LogP contribution in [0.1, 0.15) is 47.2 Å². The number of anilines is 1. The Morgan fingerprint density at radius 1 is 1.03 bits per heavy atom. The summed E-state index contributed by atoms with van der Waals surface area (Å²) in [5.41, 5.74) is 3.19. The molecule has 10 heteroatoms. The van der Waals surface area contributed by atoms with Crippen LogP contribution in [0.4, 0.5) is 5.69 Å². The molecule has 2 aliphatic heterocycles. The van der Waals surface area contributed by atoms with Gasteiger partial charge in [0.15, 0.2) is 0 Å². The van der Waals surface area contributed by atoms with Gasteiger partial charge in [-0.25, -0.2) is 13.1 Å². The van der Waals surface area contributed by atoms with Gasteiger partial charge in [-0.05, 0) is 79.5 Å². The number of aryl methyl sites for hydroxylation is 1. The third kappa shape index (κ3) is 6.41. The van der Waals surface area contributed by atoms with Gasteiger partial charge in [0.05, 0.1) is 11.4 Å². The summed E-state index contributed by atoms with van der Waals surface area (Å²) in [4.78, 5) is 30.1. The lowest BCUT2D eigenvalue weighted by atomic mass is 9.72. The number of hydrogen-bond acceptors (Lipinski definition) is 6. The Labute approximate surface area is 235 Å². The molecule has 1 aliphatic carbocycles. The summed E-state index contributed by atoms with van der Waals surface area (Å²) >= 11 is 6.27. The molecule has 0 aromatic heterocycles. The van der Waals surface area contributed by atoms with Crippen molar-refractivity contribution in [1.82, 2.24) is 9.62 Å². The van der Waals surface area contributed by atoms with Crippen LogP contribution in [0.15, 0.2) is 48.6 Å². The van der Waals surface area contributed by atoms with Crippen molar-refractivity contribution in [2.45, 2.75) is 38.7 Å². The van der Waals surface area contributed by atoms with Gasteiger partial charge in [0.25, 0.3) is 5.91 Å². The maximum absolute atomic E-state index is 13.2. The molecule has 5 rings (SSSR count). The van der Waals surface area contributed by atoms with E-state index in [0.29, 0.717) is 37.0 Å². The van der Waals surface area contributed by atoms with Crippen LogP contribution in [0.2, 0.25) is 5.02 Å². The number of likely N-dealkylation sites (N-methyl/N-ethyl adjacent to an activating group) is 1. The van der Waals surface area contributed by atoms with Gasteiger partial charge in [-0.3, -0.25) is 9.59 Å². The summed E-state index contributed by atoms with van der Waals surface area (Å²) in [6, 6.07) is 10.9. The molecule has 1 N–H and O–H groups in total. The predicted octanol–water partition coefficient (Wildman–Crippen LogP) is 4.18. The maximum atomic E-state index is 13.2. The minimum absolute atomic E-state index is 0.0783. The van der Waals surface area contributed by atoms with Gasteiger partial charge in [0.1, 0.15) is 12.4 Å². The molecule has 2 aromatic rings. The fourth-order valence-corrected chi connectivity index (χ4v) is 6.59. The summed E-state index contributed by atoms with van der Waals surface area (Å²) in [5, 5.41) is 0.695. The van der Waals surface area contributed by atoms with E-state index >= 15 is 0 Å². The molecular formula is C29H34ClN3O5S. The smallest absolute Gasteiger partial charge is 0.264 e. The van der Waals surface area contributed by atoms with Crippen molar-refractivity contribution in [3.8, 4) is 5.75 Å². The Balaban J connectivity index is 1.53. The second-order valence-corrected chi connectivity index (χ2v) is 12.8. The van der Waals surface area contributed by atoms with Gasteiger partial charge in [-0.2, -0.15) is 0 Å². The first-order valence-electron chi connectivity index (χ1n) is 13.4. The average Bonchev–Trinajstić information content (AvgIpc) is 2.91. The normalized spacial score (nSPS) is 24.7. The van der Waals surface area contributed by atoms with Gasteiger partial charge in [-0.1, -0.05) is 29.8 Å². The summed E-state index contributed by atoms with van der Waals surface area (Å²) in [6.45, 7) is 2.02. The Morgan fingerprint density at radius 2 is 1.87 bits per heavy atom. The Kier molecular flexibility index (Phi) is 8.19. The van der Waals surface area contributed by atoms with Crippen LogP contribution >= 0.6 is 11.6 Å². The van der Waals surface area contributed by atoms with Gasteiger partial charge in [0, 0.05) is 43.2 Å². The molecule has 0 saturated heterocycles. The molecule has 208 valence electrons. The Bertz CT molecular complexity index is 1390. The van der Waals surface area contributed by atoms with Crippen LogP contribution < -0.4 is 14.4 Å². The van der Waals surface area contributed by atoms with Crippen molar-refractivity contribution in [3.05, 3.63) is 70.3 Å². The molecule has 1 saturated carbocycles. The molecule has 2 heterocycles. The molecule has 0 radical (unpaired) electrons. The van der Waals surface area contributed by atoms with Gasteiger partial charge >= 0.3 is 0 Å². The molecule has 2 atom stereocenters. The van der Waals surface area contributed by atoms with E-state index in [9.17, 15) is 18.0 Å². The van der Waals surface area contributed by atoms with Crippen LogP contribution in [0, 0.1) is 11.8 Å². The SMILES string of the molecule is CN1C/C=C\CS(=O)(=O)NC(=O)c2ccc3c(c2)N(CCCCc2cc(Cl)ccc2CO3)C[C@@H]2CC[C@H]2C1=O. The van der Waals surface area contributed by atoms with E-state index < -0.39 is 15.9 Å². The fourth-order valence-electron chi connectivity index (χ4n) is 5.52. The van der Waals surface area contributed by atoms with Crippen molar-refractivity contribution in [1.29, 1.82) is 0 Å². The number of nitrogens with zero attached hydrogens (tertiary/aromatic N) is 2. The summed E-state index contributed by atoms with van der Waals surface area (Å²) in [5.74, 6) is -0.239. The third-order valence-corrected chi connectivity index (χ3v) is 9.28. The maximum Gasteiger partial charge on any atom is 0.264 e. The lowest BCUT2D eigenvalue weighted by Gasteiger charge is -2.41. The molecule has 0 unspecified atom stereocenters. The monoisotopic (exact) mass is 571 g/mol. The number of carbonyl (C=O) groups is 2. The number of fused-ring (bicyclic) bond motifs is 3. The topological polar surface area (TPSA) is 96.0 Å². The zero-order chi connectivity index (χ0) is 27.6. The number of halogens is 1. The number of carbonyl (C=O) groups excluding carboxylic acids is 2. The van der Waals surface area contributed by atoms with Crippen molar-refractivity contribution >= 4 is 39.1 Å².